The maximum atomic E-state index is 12.1. The van der Waals surface area contributed by atoms with Crippen molar-refractivity contribution in [2.45, 2.75) is 6.92 Å². The van der Waals surface area contributed by atoms with Crippen molar-refractivity contribution in [1.29, 1.82) is 0 Å². The van der Waals surface area contributed by atoms with Crippen LogP contribution in [0, 0.1) is 6.92 Å². The number of carbonyl (C=O) groups is 2. The molecule has 154 valence electrons. The van der Waals surface area contributed by atoms with Gasteiger partial charge in [-0.3, -0.25) is 9.59 Å². The van der Waals surface area contributed by atoms with E-state index in [0.29, 0.717) is 28.0 Å². The van der Waals surface area contributed by atoms with Gasteiger partial charge in [0.1, 0.15) is 5.76 Å². The Morgan fingerprint density at radius 2 is 1.90 bits per heavy atom. The Morgan fingerprint density at radius 3 is 2.60 bits per heavy atom. The minimum absolute atomic E-state index is 0.215. The average Bonchev–Trinajstić information content (AvgIpc) is 3.18. The number of anilines is 1. The number of amides is 1. The second-order valence-corrected chi connectivity index (χ2v) is 6.74. The third-order valence-electron chi connectivity index (χ3n) is 4.10. The van der Waals surface area contributed by atoms with E-state index in [1.54, 1.807) is 67.6 Å². The van der Waals surface area contributed by atoms with Crippen molar-refractivity contribution in [2.75, 3.05) is 19.0 Å². The number of aryl methyl sites for hydroxylation is 1. The first-order valence-corrected chi connectivity index (χ1v) is 9.48. The number of para-hydroxylation sites is 1. The number of ether oxygens (including phenoxy) is 2. The van der Waals surface area contributed by atoms with Crippen LogP contribution in [0.15, 0.2) is 65.1 Å². The van der Waals surface area contributed by atoms with E-state index >= 15 is 0 Å². The van der Waals surface area contributed by atoms with Gasteiger partial charge in [-0.05, 0) is 55.0 Å². The molecule has 1 N–H and O–H groups in total. The fraction of sp³-hybridized carbons (Fsp3) is 0.130. The summed E-state index contributed by atoms with van der Waals surface area (Å²) in [5.74, 6) is 1.20. The first-order chi connectivity index (χ1) is 14.5. The topological polar surface area (TPSA) is 77.8 Å². The molecule has 0 radical (unpaired) electrons. The predicted molar refractivity (Wildman–Crippen MR) is 115 cm³/mol. The number of hydrogen-bond acceptors (Lipinski definition) is 5. The smallest absolute Gasteiger partial charge is 0.262 e. The van der Waals surface area contributed by atoms with Crippen molar-refractivity contribution in [2.24, 2.45) is 0 Å². The average molecular weight is 426 g/mol. The summed E-state index contributed by atoms with van der Waals surface area (Å²) >= 11 is 6.03. The summed E-state index contributed by atoms with van der Waals surface area (Å²) in [5, 5.41) is 3.13. The fourth-order valence-electron chi connectivity index (χ4n) is 2.62. The van der Waals surface area contributed by atoms with Gasteiger partial charge in [0.2, 0.25) is 5.78 Å². The van der Waals surface area contributed by atoms with Crippen LogP contribution >= 0.6 is 11.6 Å². The highest BCUT2D eigenvalue weighted by Gasteiger charge is 2.10. The molecule has 3 aromatic rings. The second kappa shape index (κ2) is 9.80. The van der Waals surface area contributed by atoms with Crippen molar-refractivity contribution >= 4 is 35.1 Å². The monoisotopic (exact) mass is 425 g/mol. The Morgan fingerprint density at radius 1 is 1.10 bits per heavy atom. The van der Waals surface area contributed by atoms with Crippen LogP contribution in [-0.4, -0.2) is 25.4 Å². The molecule has 6 nitrogen and oxygen atoms in total. The molecule has 0 aliphatic carbocycles. The Kier molecular flexibility index (Phi) is 6.93. The van der Waals surface area contributed by atoms with Crippen LogP contribution in [0.3, 0.4) is 0 Å². The van der Waals surface area contributed by atoms with Crippen molar-refractivity contribution < 1.29 is 23.5 Å². The molecule has 0 unspecified atom stereocenters. The SMILES string of the molecule is COc1cc(/C=C/C(=O)c2ccc(C)o2)ccc1OCC(=O)Nc1ccccc1Cl. The minimum atomic E-state index is -0.353. The van der Waals surface area contributed by atoms with Crippen LogP contribution in [0.2, 0.25) is 5.02 Å². The van der Waals surface area contributed by atoms with Crippen molar-refractivity contribution in [3.05, 3.63) is 82.8 Å². The summed E-state index contributed by atoms with van der Waals surface area (Å²) in [7, 11) is 1.50. The molecule has 0 atom stereocenters. The first-order valence-electron chi connectivity index (χ1n) is 9.10. The first kappa shape index (κ1) is 21.2. The molecule has 0 aliphatic heterocycles. The molecule has 3 rings (SSSR count). The van der Waals surface area contributed by atoms with Gasteiger partial charge in [-0.2, -0.15) is 0 Å². The quantitative estimate of drug-likeness (QED) is 0.398. The number of furan rings is 1. The van der Waals surface area contributed by atoms with Gasteiger partial charge in [-0.15, -0.1) is 0 Å². The number of rotatable bonds is 8. The molecule has 1 aromatic heterocycles. The van der Waals surface area contributed by atoms with Crippen LogP contribution in [0.1, 0.15) is 21.9 Å². The maximum absolute atomic E-state index is 12.1. The zero-order valence-corrected chi connectivity index (χ0v) is 17.2. The number of methoxy groups -OCH3 is 1. The summed E-state index contributed by atoms with van der Waals surface area (Å²) in [6.45, 7) is 1.56. The summed E-state index contributed by atoms with van der Waals surface area (Å²) in [6, 6.07) is 15.4. The lowest BCUT2D eigenvalue weighted by atomic mass is 10.1. The number of ketones is 1. The normalized spacial score (nSPS) is 10.8. The molecule has 0 aliphatic rings. The summed E-state index contributed by atoms with van der Waals surface area (Å²) in [6.07, 6.45) is 3.07. The standard InChI is InChI=1S/C23H20ClNO5/c1-15-7-11-20(30-15)19(26)10-8-16-9-12-21(22(13-16)28-2)29-14-23(27)25-18-6-4-3-5-17(18)24/h3-13H,14H2,1-2H3,(H,25,27)/b10-8+. The molecule has 0 saturated heterocycles. The molecule has 30 heavy (non-hydrogen) atoms. The third kappa shape index (κ3) is 5.52. The largest absolute Gasteiger partial charge is 0.493 e. The van der Waals surface area contributed by atoms with Gasteiger partial charge in [0.05, 0.1) is 17.8 Å². The molecule has 1 amide bonds. The van der Waals surface area contributed by atoms with Crippen molar-refractivity contribution in [3.63, 3.8) is 0 Å². The zero-order valence-electron chi connectivity index (χ0n) is 16.5. The van der Waals surface area contributed by atoms with Gasteiger partial charge in [-0.1, -0.05) is 35.9 Å². The van der Waals surface area contributed by atoms with Crippen LogP contribution in [0.4, 0.5) is 5.69 Å². The van der Waals surface area contributed by atoms with Gasteiger partial charge in [-0.25, -0.2) is 0 Å². The van der Waals surface area contributed by atoms with Crippen LogP contribution in [-0.2, 0) is 4.79 Å². The highest BCUT2D eigenvalue weighted by Crippen LogP contribution is 2.29. The van der Waals surface area contributed by atoms with Crippen LogP contribution < -0.4 is 14.8 Å². The van der Waals surface area contributed by atoms with Gasteiger partial charge >= 0.3 is 0 Å². The van der Waals surface area contributed by atoms with E-state index in [4.69, 9.17) is 25.5 Å². The Bertz CT molecular complexity index is 1090. The van der Waals surface area contributed by atoms with Crippen LogP contribution in [0.5, 0.6) is 11.5 Å². The predicted octanol–water partition coefficient (Wildman–Crippen LogP) is 5.16. The molecule has 0 bridgehead atoms. The Balaban J connectivity index is 1.62. The summed E-state index contributed by atoms with van der Waals surface area (Å²) < 4.78 is 16.2. The number of benzene rings is 2. The van der Waals surface area contributed by atoms with Gasteiger partial charge in [0.15, 0.2) is 23.9 Å². The fourth-order valence-corrected chi connectivity index (χ4v) is 2.80. The molecule has 0 fully saturated rings. The maximum Gasteiger partial charge on any atom is 0.262 e. The molecular weight excluding hydrogens is 406 g/mol. The van der Waals surface area contributed by atoms with Crippen molar-refractivity contribution in [1.82, 2.24) is 0 Å². The van der Waals surface area contributed by atoms with E-state index in [9.17, 15) is 9.59 Å². The molecule has 0 saturated carbocycles. The molecular formula is C23H20ClNO5. The van der Waals surface area contributed by atoms with E-state index in [0.717, 1.165) is 5.56 Å². The van der Waals surface area contributed by atoms with E-state index in [-0.39, 0.29) is 24.1 Å². The number of carbonyl (C=O) groups excluding carboxylic acids is 2. The minimum Gasteiger partial charge on any atom is -0.493 e. The van der Waals surface area contributed by atoms with Crippen molar-refractivity contribution in [3.8, 4) is 11.5 Å². The van der Waals surface area contributed by atoms with Gasteiger partial charge in [0, 0.05) is 0 Å². The van der Waals surface area contributed by atoms with E-state index in [2.05, 4.69) is 5.32 Å². The number of nitrogens with one attached hydrogen (secondary N) is 1. The number of allylic oxidation sites excluding steroid dienone is 1. The Labute approximate surface area is 179 Å². The highest BCUT2D eigenvalue weighted by atomic mass is 35.5. The van der Waals surface area contributed by atoms with Gasteiger partial charge < -0.3 is 19.2 Å². The summed E-state index contributed by atoms with van der Waals surface area (Å²) in [4.78, 5) is 24.2. The Hall–Kier alpha value is -3.51. The highest BCUT2D eigenvalue weighted by molar-refractivity contribution is 6.33. The molecule has 0 spiro atoms. The van der Waals surface area contributed by atoms with E-state index < -0.39 is 0 Å². The van der Waals surface area contributed by atoms with E-state index in [1.165, 1.54) is 13.2 Å². The lowest BCUT2D eigenvalue weighted by Gasteiger charge is -2.12. The molecule has 1 heterocycles. The summed E-state index contributed by atoms with van der Waals surface area (Å²) in [5.41, 5.74) is 1.24. The number of hydrogen-bond donors (Lipinski definition) is 1. The van der Waals surface area contributed by atoms with Gasteiger partial charge in [0.25, 0.3) is 5.91 Å². The lowest BCUT2D eigenvalue weighted by Crippen LogP contribution is -2.20. The number of halogens is 1. The third-order valence-corrected chi connectivity index (χ3v) is 4.43. The second-order valence-electron chi connectivity index (χ2n) is 6.33. The molecule has 2 aromatic carbocycles. The molecule has 7 heteroatoms. The zero-order chi connectivity index (χ0) is 21.5. The lowest BCUT2D eigenvalue weighted by molar-refractivity contribution is -0.118. The van der Waals surface area contributed by atoms with Crippen LogP contribution in [0.25, 0.3) is 6.08 Å². The van der Waals surface area contributed by atoms with E-state index in [1.807, 2.05) is 0 Å².